The molecule has 436 valence electrons. The summed E-state index contributed by atoms with van der Waals surface area (Å²) in [7, 11) is 0. The van der Waals surface area contributed by atoms with Crippen molar-refractivity contribution in [3.8, 4) is 55.6 Å². The molecule has 5 aliphatic carbocycles. The van der Waals surface area contributed by atoms with E-state index < -0.39 is 0 Å². The van der Waals surface area contributed by atoms with Crippen molar-refractivity contribution in [3.63, 3.8) is 0 Å². The van der Waals surface area contributed by atoms with Crippen molar-refractivity contribution in [1.82, 2.24) is 24.9 Å². The van der Waals surface area contributed by atoms with Crippen LogP contribution in [0.1, 0.15) is 173 Å². The lowest BCUT2D eigenvalue weighted by atomic mass is 9.91. The third kappa shape index (κ3) is 10.4. The molecule has 5 aliphatic rings. The van der Waals surface area contributed by atoms with Crippen molar-refractivity contribution in [2.45, 2.75) is 178 Å². The number of hydrogen-bond donors (Lipinski definition) is 0. The van der Waals surface area contributed by atoms with Crippen LogP contribution in [-0.4, -0.2) is 24.9 Å². The zero-order valence-electron chi connectivity index (χ0n) is 55.4. The van der Waals surface area contributed by atoms with Crippen LogP contribution in [0.3, 0.4) is 0 Å². The van der Waals surface area contributed by atoms with Gasteiger partial charge in [0.2, 0.25) is 0 Å². The first-order chi connectivity index (χ1) is 40.8. The van der Waals surface area contributed by atoms with E-state index in [2.05, 4.69) is 237 Å². The molecule has 5 heterocycles. The normalized spacial score (nSPS) is 12.5. The number of nitrogens with zero attached hydrogens (tertiary/aromatic N) is 5. The predicted molar refractivity (Wildman–Crippen MR) is 362 cm³/mol. The van der Waals surface area contributed by atoms with E-state index in [1.54, 1.807) is 0 Å². The lowest BCUT2D eigenvalue weighted by molar-refractivity contribution is 1.06. The average Bonchev–Trinajstić information content (AvgIpc) is 2.17. The van der Waals surface area contributed by atoms with Crippen molar-refractivity contribution < 1.29 is 0 Å². The molecule has 0 saturated carbocycles. The Balaban J connectivity index is 0.000000112. The minimum absolute atomic E-state index is 0.994. The molecule has 15 rings (SSSR count). The Kier molecular flexibility index (Phi) is 15.9. The molecule has 0 atom stereocenters. The molecule has 0 amide bonds. The maximum atomic E-state index is 4.68. The molecular formula is C81H87N5. The van der Waals surface area contributed by atoms with Crippen LogP contribution in [0.4, 0.5) is 0 Å². The third-order valence-electron chi connectivity index (χ3n) is 20.4. The molecule has 86 heavy (non-hydrogen) atoms. The van der Waals surface area contributed by atoms with Gasteiger partial charge < -0.3 is 0 Å². The first-order valence-electron chi connectivity index (χ1n) is 31.1. The lowest BCUT2D eigenvalue weighted by Gasteiger charge is -2.14. The Bertz CT molecular complexity index is 4490. The van der Waals surface area contributed by atoms with Gasteiger partial charge in [-0.25, -0.2) is 0 Å². The van der Waals surface area contributed by atoms with Crippen LogP contribution in [-0.2, 0) is 32.1 Å². The van der Waals surface area contributed by atoms with E-state index in [9.17, 15) is 0 Å². The summed E-state index contributed by atoms with van der Waals surface area (Å²) in [5.41, 5.74) is 56.1. The molecule has 0 unspecified atom stereocenters. The Morgan fingerprint density at radius 2 is 0.663 bits per heavy atom. The number of aryl methyl sites for hydroxylation is 12. The van der Waals surface area contributed by atoms with Crippen LogP contribution < -0.4 is 0 Å². The largest absolute Gasteiger partial charge is 0.260 e. The molecule has 5 heteroatoms. The number of benzene rings is 5. The Morgan fingerprint density at radius 3 is 1.21 bits per heavy atom. The van der Waals surface area contributed by atoms with Crippen LogP contribution in [0.5, 0.6) is 0 Å². The number of aromatic nitrogens is 5. The van der Waals surface area contributed by atoms with E-state index in [-0.39, 0.29) is 0 Å². The van der Waals surface area contributed by atoms with Gasteiger partial charge in [-0.1, -0.05) is 42.5 Å². The van der Waals surface area contributed by atoms with E-state index >= 15 is 0 Å². The maximum absolute atomic E-state index is 4.68. The van der Waals surface area contributed by atoms with E-state index in [4.69, 9.17) is 0 Å². The summed E-state index contributed by atoms with van der Waals surface area (Å²) >= 11 is 0. The van der Waals surface area contributed by atoms with Crippen LogP contribution in [0.2, 0.25) is 0 Å². The summed E-state index contributed by atoms with van der Waals surface area (Å²) in [5.74, 6) is 0. The molecule has 0 spiro atoms. The molecule has 10 aromatic rings. The Morgan fingerprint density at radius 1 is 0.256 bits per heavy atom. The van der Waals surface area contributed by atoms with Crippen molar-refractivity contribution in [2.24, 2.45) is 0 Å². The van der Waals surface area contributed by atoms with Gasteiger partial charge in [0.05, 0.1) is 28.5 Å². The topological polar surface area (TPSA) is 64.5 Å². The van der Waals surface area contributed by atoms with Crippen LogP contribution in [0, 0.1) is 145 Å². The van der Waals surface area contributed by atoms with Gasteiger partial charge in [-0.05, 0) is 331 Å². The van der Waals surface area contributed by atoms with E-state index in [0.717, 1.165) is 43.5 Å². The second kappa shape index (κ2) is 22.9. The summed E-state index contributed by atoms with van der Waals surface area (Å²) in [6, 6.07) is 24.7. The molecule has 0 N–H and O–H groups in total. The summed E-state index contributed by atoms with van der Waals surface area (Å²) in [5, 5.41) is 0. The van der Waals surface area contributed by atoms with Gasteiger partial charge in [-0.15, -0.1) is 0 Å². The molecule has 0 radical (unpaired) electrons. The van der Waals surface area contributed by atoms with Gasteiger partial charge in [0.25, 0.3) is 0 Å². The molecule has 5 aromatic heterocycles. The average molecular weight is 1130 g/mol. The highest BCUT2D eigenvalue weighted by atomic mass is 14.7. The number of rotatable bonds is 0. The van der Waals surface area contributed by atoms with Gasteiger partial charge in [-0.2, -0.15) is 0 Å². The first kappa shape index (κ1) is 59.6. The SMILES string of the molecule is Cc1cc2c(c(C)c1C)-c1c(C)ccnc1C2.Cc1cc2c(c(C)c1C)-c1c(ncc(C)c1C)C2.Cc1ccc2c(n1)Cc1c(C)cc(C)c(C)c1-2.Cc1ccc2c(n1)Cc1cc(C)c(C)c(C)c1-2.Cc1cnc2c(c1)-c1c(C)c(C)cc(C)c1C2. The molecule has 0 bridgehead atoms. The molecule has 5 nitrogen and oxygen atoms in total. The van der Waals surface area contributed by atoms with Crippen LogP contribution >= 0.6 is 0 Å². The second-order valence-corrected chi connectivity index (χ2v) is 26.0. The quantitative estimate of drug-likeness (QED) is 0.151. The minimum Gasteiger partial charge on any atom is -0.260 e. The molecule has 0 aliphatic heterocycles. The van der Waals surface area contributed by atoms with Crippen molar-refractivity contribution in [3.05, 3.63) is 259 Å². The van der Waals surface area contributed by atoms with Crippen molar-refractivity contribution >= 4 is 0 Å². The highest BCUT2D eigenvalue weighted by Crippen LogP contribution is 2.46. The monoisotopic (exact) mass is 1130 g/mol. The van der Waals surface area contributed by atoms with Gasteiger partial charge in [0.1, 0.15) is 0 Å². The van der Waals surface area contributed by atoms with Gasteiger partial charge in [0.15, 0.2) is 0 Å². The number of hydrogen-bond acceptors (Lipinski definition) is 5. The van der Waals surface area contributed by atoms with Crippen molar-refractivity contribution in [2.75, 3.05) is 0 Å². The van der Waals surface area contributed by atoms with Gasteiger partial charge in [0, 0.05) is 89.9 Å². The fraction of sp³-hybridized carbons (Fsp3) is 0.321. The predicted octanol–water partition coefficient (Wildman–Crippen LogP) is 19.7. The number of pyridine rings is 5. The first-order valence-corrected chi connectivity index (χ1v) is 31.1. The van der Waals surface area contributed by atoms with Gasteiger partial charge >= 0.3 is 0 Å². The standard InChI is InChI=1S/C17H19N.4C16H17N/c1-9-6-14-7-15-17(12(4)10(2)8-18-15)16(14)13(5)11(9)3;1-9-5-14-15(17-8-9)7-13-11(3)6-10(2)12(4)16(13)14;1-9-7-10(2)14-8-15-13(16(14)12(9)4)6-5-11(3)17-15;1-9-7-13-8-15-14(6-5-10(2)17-15)16(13)12(4)11(9)3;1-9-5-6-17-14-8-13-7-10(2)11(3)12(4)16(13)15(9)14/h6,8H,7H2,1-5H3;5-6,8H,7H2,1-4H3;3*5-7H,8H2,1-4H3. The minimum atomic E-state index is 0.994. The summed E-state index contributed by atoms with van der Waals surface area (Å²) in [6.45, 7) is 46.0. The summed E-state index contributed by atoms with van der Waals surface area (Å²) < 4.78 is 0. The van der Waals surface area contributed by atoms with Crippen LogP contribution in [0.25, 0.3) is 55.6 Å². The van der Waals surface area contributed by atoms with Gasteiger partial charge in [-0.3, -0.25) is 24.9 Å². The molecular weight excluding hydrogens is 1040 g/mol. The van der Waals surface area contributed by atoms with Crippen LogP contribution in [0.15, 0.2) is 85.3 Å². The third-order valence-corrected chi connectivity index (χ3v) is 20.4. The molecule has 0 fully saturated rings. The Hall–Kier alpha value is -8.15. The fourth-order valence-corrected chi connectivity index (χ4v) is 14.5. The van der Waals surface area contributed by atoms with Crippen molar-refractivity contribution in [1.29, 1.82) is 0 Å². The van der Waals surface area contributed by atoms with E-state index in [0.29, 0.717) is 0 Å². The highest BCUT2D eigenvalue weighted by molar-refractivity contribution is 5.85. The zero-order valence-corrected chi connectivity index (χ0v) is 55.4. The van der Waals surface area contributed by atoms with E-state index in [1.807, 2.05) is 18.6 Å². The Labute approximate surface area is 514 Å². The lowest BCUT2D eigenvalue weighted by Crippen LogP contribution is -1.95. The molecule has 5 aromatic carbocycles. The second-order valence-electron chi connectivity index (χ2n) is 26.0. The number of fused-ring (bicyclic) bond motifs is 15. The fourth-order valence-electron chi connectivity index (χ4n) is 14.5. The zero-order chi connectivity index (χ0) is 61.6. The maximum Gasteiger partial charge on any atom is 0.0529 e. The summed E-state index contributed by atoms with van der Waals surface area (Å²) in [4.78, 5) is 23.1. The smallest absolute Gasteiger partial charge is 0.0529 e. The summed E-state index contributed by atoms with van der Waals surface area (Å²) in [6.07, 6.45) is 10.9. The van der Waals surface area contributed by atoms with E-state index in [1.165, 1.54) is 218 Å². The highest BCUT2D eigenvalue weighted by Gasteiger charge is 2.29. The molecule has 0 saturated heterocycles.